The summed E-state index contributed by atoms with van der Waals surface area (Å²) in [5.74, 6) is -0.260. The molecule has 0 spiro atoms. The van der Waals surface area contributed by atoms with Crippen LogP contribution < -0.4 is 20.3 Å². The number of halogens is 3. The van der Waals surface area contributed by atoms with Gasteiger partial charge in [-0.3, -0.25) is 4.90 Å². The van der Waals surface area contributed by atoms with Crippen molar-refractivity contribution in [2.24, 2.45) is 5.73 Å². The summed E-state index contributed by atoms with van der Waals surface area (Å²) >= 11 is 0. The molecule has 1 aliphatic heterocycles. The average molecular weight is 379 g/mol. The molecule has 0 fully saturated rings. The van der Waals surface area contributed by atoms with Crippen LogP contribution in [-0.2, 0) is 6.54 Å². The molecule has 1 heterocycles. The number of anilines is 2. The van der Waals surface area contributed by atoms with Gasteiger partial charge in [-0.2, -0.15) is 0 Å². The highest BCUT2D eigenvalue weighted by atomic mass is 19.4. The SMILES string of the molecule is CC1(C)CN(C(N)=O)c2ccccc2N1Cc1ccc(OC(F)(F)F)cc1. The van der Waals surface area contributed by atoms with Gasteiger partial charge >= 0.3 is 12.4 Å². The van der Waals surface area contributed by atoms with Crippen LogP contribution in [0.5, 0.6) is 5.75 Å². The average Bonchev–Trinajstić information content (AvgIpc) is 2.57. The lowest BCUT2D eigenvalue weighted by Gasteiger charge is -2.48. The van der Waals surface area contributed by atoms with Crippen LogP contribution >= 0.6 is 0 Å². The molecule has 2 amide bonds. The third-order valence-electron chi connectivity index (χ3n) is 4.50. The Kier molecular flexibility index (Phi) is 4.67. The smallest absolute Gasteiger partial charge is 0.406 e. The number of nitrogens with zero attached hydrogens (tertiary/aromatic N) is 2. The van der Waals surface area contributed by atoms with E-state index in [0.717, 1.165) is 11.3 Å². The van der Waals surface area contributed by atoms with E-state index in [1.165, 1.54) is 17.0 Å². The van der Waals surface area contributed by atoms with Gasteiger partial charge in [-0.1, -0.05) is 24.3 Å². The van der Waals surface area contributed by atoms with Gasteiger partial charge in [0.25, 0.3) is 0 Å². The van der Waals surface area contributed by atoms with E-state index in [-0.39, 0.29) is 5.75 Å². The lowest BCUT2D eigenvalue weighted by Crippen LogP contribution is -2.58. The number of primary amides is 1. The number of ether oxygens (including phenoxy) is 1. The number of para-hydroxylation sites is 2. The van der Waals surface area contributed by atoms with Crippen LogP contribution in [0, 0.1) is 0 Å². The van der Waals surface area contributed by atoms with Gasteiger partial charge in [-0.25, -0.2) is 4.79 Å². The number of rotatable bonds is 3. The summed E-state index contributed by atoms with van der Waals surface area (Å²) in [7, 11) is 0. The second-order valence-corrected chi connectivity index (χ2v) is 7.00. The van der Waals surface area contributed by atoms with Gasteiger partial charge in [0.15, 0.2) is 0 Å². The number of amides is 2. The third kappa shape index (κ3) is 4.10. The van der Waals surface area contributed by atoms with Gasteiger partial charge in [-0.15, -0.1) is 13.2 Å². The summed E-state index contributed by atoms with van der Waals surface area (Å²) in [6.07, 6.45) is -4.71. The van der Waals surface area contributed by atoms with Crippen molar-refractivity contribution >= 4 is 17.4 Å². The van der Waals surface area contributed by atoms with Crippen molar-refractivity contribution in [1.82, 2.24) is 0 Å². The minimum atomic E-state index is -4.71. The van der Waals surface area contributed by atoms with Crippen LogP contribution in [0.1, 0.15) is 19.4 Å². The number of nitrogens with two attached hydrogens (primary N) is 1. The highest BCUT2D eigenvalue weighted by Gasteiger charge is 2.38. The van der Waals surface area contributed by atoms with Gasteiger partial charge in [0.1, 0.15) is 5.75 Å². The largest absolute Gasteiger partial charge is 0.573 e. The van der Waals surface area contributed by atoms with Crippen molar-refractivity contribution in [2.45, 2.75) is 32.3 Å². The van der Waals surface area contributed by atoms with Crippen molar-refractivity contribution in [2.75, 3.05) is 16.3 Å². The second kappa shape index (κ2) is 6.68. The summed E-state index contributed by atoms with van der Waals surface area (Å²) in [6.45, 7) is 4.83. The van der Waals surface area contributed by atoms with Gasteiger partial charge in [0.05, 0.1) is 23.5 Å². The quantitative estimate of drug-likeness (QED) is 0.867. The second-order valence-electron chi connectivity index (χ2n) is 7.00. The van der Waals surface area contributed by atoms with Gasteiger partial charge < -0.3 is 15.4 Å². The van der Waals surface area contributed by atoms with Gasteiger partial charge in [-0.05, 0) is 43.7 Å². The Balaban J connectivity index is 1.89. The lowest BCUT2D eigenvalue weighted by atomic mass is 9.95. The minimum absolute atomic E-state index is 0.260. The first-order valence-corrected chi connectivity index (χ1v) is 8.35. The number of fused-ring (bicyclic) bond motifs is 1. The molecule has 2 aromatic carbocycles. The van der Waals surface area contributed by atoms with Crippen LogP contribution in [0.3, 0.4) is 0 Å². The molecular weight excluding hydrogens is 359 g/mol. The number of carbonyl (C=O) groups excluding carboxylic acids is 1. The van der Waals surface area contributed by atoms with Crippen LogP contribution in [0.4, 0.5) is 29.3 Å². The van der Waals surface area contributed by atoms with E-state index in [9.17, 15) is 18.0 Å². The zero-order valence-electron chi connectivity index (χ0n) is 15.0. The van der Waals surface area contributed by atoms with E-state index in [1.54, 1.807) is 12.1 Å². The van der Waals surface area contributed by atoms with Gasteiger partial charge in [0, 0.05) is 6.54 Å². The van der Waals surface area contributed by atoms with Gasteiger partial charge in [0.2, 0.25) is 0 Å². The normalized spacial score (nSPS) is 16.0. The van der Waals surface area contributed by atoms with Crippen molar-refractivity contribution < 1.29 is 22.7 Å². The van der Waals surface area contributed by atoms with E-state index in [0.29, 0.717) is 18.8 Å². The number of urea groups is 1. The summed E-state index contributed by atoms with van der Waals surface area (Å²) < 4.78 is 40.8. The Hall–Kier alpha value is -2.90. The molecule has 0 radical (unpaired) electrons. The molecule has 0 bridgehead atoms. The van der Waals surface area contributed by atoms with Crippen LogP contribution in [-0.4, -0.2) is 24.5 Å². The lowest BCUT2D eigenvalue weighted by molar-refractivity contribution is -0.274. The fourth-order valence-electron chi connectivity index (χ4n) is 3.28. The topological polar surface area (TPSA) is 58.8 Å². The number of carbonyl (C=O) groups is 1. The summed E-state index contributed by atoms with van der Waals surface area (Å²) in [5.41, 5.74) is 7.47. The molecule has 2 aromatic rings. The number of alkyl halides is 3. The van der Waals surface area contributed by atoms with Crippen molar-refractivity contribution in [1.29, 1.82) is 0 Å². The van der Waals surface area contributed by atoms with E-state index < -0.39 is 17.9 Å². The number of benzene rings is 2. The highest BCUT2D eigenvalue weighted by molar-refractivity contribution is 5.96. The molecule has 3 rings (SSSR count). The van der Waals surface area contributed by atoms with Crippen molar-refractivity contribution in [3.8, 4) is 5.75 Å². The molecule has 27 heavy (non-hydrogen) atoms. The Bertz CT molecular complexity index is 835. The predicted molar refractivity (Wildman–Crippen MR) is 96.8 cm³/mol. The molecule has 144 valence electrons. The van der Waals surface area contributed by atoms with Crippen LogP contribution in [0.25, 0.3) is 0 Å². The molecule has 0 unspecified atom stereocenters. The van der Waals surface area contributed by atoms with Crippen molar-refractivity contribution in [3.63, 3.8) is 0 Å². The molecule has 5 nitrogen and oxygen atoms in total. The Labute approximate surface area is 155 Å². The molecule has 0 saturated carbocycles. The molecule has 0 atom stereocenters. The van der Waals surface area contributed by atoms with Crippen LogP contribution in [0.2, 0.25) is 0 Å². The summed E-state index contributed by atoms with van der Waals surface area (Å²) in [4.78, 5) is 15.5. The minimum Gasteiger partial charge on any atom is -0.406 e. The van der Waals surface area contributed by atoms with Crippen molar-refractivity contribution in [3.05, 3.63) is 54.1 Å². The molecule has 0 aromatic heterocycles. The molecule has 8 heteroatoms. The maximum absolute atomic E-state index is 12.3. The highest BCUT2D eigenvalue weighted by Crippen LogP contribution is 2.40. The molecule has 2 N–H and O–H groups in total. The molecule has 1 aliphatic rings. The fourth-order valence-corrected chi connectivity index (χ4v) is 3.28. The first kappa shape index (κ1) is 18.9. The zero-order chi connectivity index (χ0) is 19.8. The van der Waals surface area contributed by atoms with E-state index in [4.69, 9.17) is 5.73 Å². The van der Waals surface area contributed by atoms with E-state index in [1.807, 2.05) is 38.1 Å². The predicted octanol–water partition coefficient (Wildman–Crippen LogP) is 4.27. The maximum Gasteiger partial charge on any atom is 0.573 e. The number of hydrogen-bond donors (Lipinski definition) is 1. The summed E-state index contributed by atoms with van der Waals surface area (Å²) in [6, 6.07) is 12.7. The Morgan fingerprint density at radius 1 is 1.11 bits per heavy atom. The first-order valence-electron chi connectivity index (χ1n) is 8.35. The van der Waals surface area contributed by atoms with E-state index in [2.05, 4.69) is 9.64 Å². The number of hydrogen-bond acceptors (Lipinski definition) is 3. The molecule has 0 aliphatic carbocycles. The summed E-state index contributed by atoms with van der Waals surface area (Å²) in [5, 5.41) is 0. The Morgan fingerprint density at radius 3 is 2.26 bits per heavy atom. The molecular formula is C19H20F3N3O2. The third-order valence-corrected chi connectivity index (χ3v) is 4.50. The van der Waals surface area contributed by atoms with Crippen LogP contribution in [0.15, 0.2) is 48.5 Å². The van der Waals surface area contributed by atoms with E-state index >= 15 is 0 Å². The standard InChI is InChI=1S/C19H20F3N3O2/c1-18(2)12-24(17(23)26)15-5-3-4-6-16(15)25(18)11-13-7-9-14(10-8-13)27-19(20,21)22/h3-10H,11-12H2,1-2H3,(H2,23,26). The monoisotopic (exact) mass is 379 g/mol. The maximum atomic E-state index is 12.3. The zero-order valence-corrected chi connectivity index (χ0v) is 15.0. The fraction of sp³-hybridized carbons (Fsp3) is 0.316. The Morgan fingerprint density at radius 2 is 1.70 bits per heavy atom. The first-order chi connectivity index (χ1) is 12.6. The molecule has 0 saturated heterocycles.